The van der Waals surface area contributed by atoms with E-state index in [1.807, 2.05) is 0 Å². The smallest absolute Gasteiger partial charge is 0.457 e. The highest BCUT2D eigenvalue weighted by Crippen LogP contribution is 2.43. The molecule has 0 aromatic carbocycles. The van der Waals surface area contributed by atoms with Gasteiger partial charge in [0.2, 0.25) is 0 Å². The zero-order chi connectivity index (χ0) is 41.1. The third-order valence-corrected chi connectivity index (χ3v) is 11.4. The van der Waals surface area contributed by atoms with E-state index in [2.05, 4.69) is 26.0 Å². The van der Waals surface area contributed by atoms with Gasteiger partial charge in [-0.2, -0.15) is 0 Å². The molecule has 0 amide bonds. The molecule has 10 heteroatoms. The van der Waals surface area contributed by atoms with E-state index in [1.165, 1.54) is 173 Å². The van der Waals surface area contributed by atoms with E-state index in [4.69, 9.17) is 23.6 Å². The van der Waals surface area contributed by atoms with Gasteiger partial charge in [-0.05, 0) is 38.5 Å². The predicted octanol–water partition coefficient (Wildman–Crippen LogP) is 13.3. The van der Waals surface area contributed by atoms with Crippen LogP contribution in [0.1, 0.15) is 232 Å². The number of carbonyl (C=O) groups excluding carboxylic acids is 1. The average molecular weight is 819 g/mol. The van der Waals surface area contributed by atoms with Crippen molar-refractivity contribution in [3.05, 3.63) is 12.2 Å². The van der Waals surface area contributed by atoms with Crippen LogP contribution in [0, 0.1) is 0 Å². The second kappa shape index (κ2) is 43.8. The van der Waals surface area contributed by atoms with E-state index in [0.717, 1.165) is 38.5 Å². The molecule has 334 valence electrons. The van der Waals surface area contributed by atoms with Crippen molar-refractivity contribution in [3.8, 4) is 0 Å². The van der Waals surface area contributed by atoms with E-state index < -0.39 is 33.2 Å². The minimum atomic E-state index is -4.51. The molecule has 1 unspecified atom stereocenters. The Morgan fingerprint density at radius 2 is 0.911 bits per heavy atom. The third kappa shape index (κ3) is 42.8. The molecule has 0 radical (unpaired) electrons. The lowest BCUT2D eigenvalue weighted by Crippen LogP contribution is -2.29. The largest absolute Gasteiger partial charge is 0.472 e. The zero-order valence-electron chi connectivity index (χ0n) is 36.6. The predicted molar refractivity (Wildman–Crippen MR) is 233 cm³/mol. The minimum Gasteiger partial charge on any atom is -0.457 e. The molecular formula is C46H91O9P. The molecule has 0 saturated carbocycles. The lowest BCUT2D eigenvalue weighted by molar-refractivity contribution is -0.154. The van der Waals surface area contributed by atoms with Crippen molar-refractivity contribution in [1.29, 1.82) is 0 Å². The van der Waals surface area contributed by atoms with Crippen molar-refractivity contribution in [2.45, 2.75) is 244 Å². The molecule has 0 aliphatic carbocycles. The van der Waals surface area contributed by atoms with E-state index in [9.17, 15) is 19.4 Å². The molecule has 3 N–H and O–H groups in total. The summed E-state index contributed by atoms with van der Waals surface area (Å²) in [6.45, 7) is 3.57. The van der Waals surface area contributed by atoms with Crippen LogP contribution < -0.4 is 0 Å². The van der Waals surface area contributed by atoms with Crippen molar-refractivity contribution in [2.24, 2.45) is 0 Å². The van der Waals surface area contributed by atoms with Crippen LogP contribution in [0.3, 0.4) is 0 Å². The van der Waals surface area contributed by atoms with Crippen LogP contribution in [-0.4, -0.2) is 66.3 Å². The molecule has 3 atom stereocenters. The summed E-state index contributed by atoms with van der Waals surface area (Å²) in [5.74, 6) is -0.382. The van der Waals surface area contributed by atoms with Gasteiger partial charge >= 0.3 is 13.8 Å². The molecular weight excluding hydrogens is 727 g/mol. The van der Waals surface area contributed by atoms with Gasteiger partial charge in [0.1, 0.15) is 12.2 Å². The first kappa shape index (κ1) is 55.2. The number of ether oxygens (including phenoxy) is 2. The quantitative estimate of drug-likeness (QED) is 0.0238. The SMILES string of the molecule is CCCCCCCCCC/C=C\CCCCCCCCCC(=O)O[C@H](COCCCCCCCCCCCCCCCCCC)COP(=O)(O)OC[C@@H](O)CO. The lowest BCUT2D eigenvalue weighted by Gasteiger charge is -2.20. The normalized spacial score (nSPS) is 14.0. The number of aliphatic hydroxyl groups excluding tert-OH is 2. The van der Waals surface area contributed by atoms with E-state index in [-0.39, 0.29) is 25.6 Å². The summed E-state index contributed by atoms with van der Waals surface area (Å²) in [7, 11) is -4.51. The average Bonchev–Trinajstić information content (AvgIpc) is 3.19. The van der Waals surface area contributed by atoms with Crippen LogP contribution in [-0.2, 0) is 27.9 Å². The van der Waals surface area contributed by atoms with Gasteiger partial charge in [-0.1, -0.05) is 199 Å². The van der Waals surface area contributed by atoms with Crippen molar-refractivity contribution in [3.63, 3.8) is 0 Å². The maximum Gasteiger partial charge on any atom is 0.472 e. The number of esters is 1. The Balaban J connectivity index is 4.09. The summed E-state index contributed by atoms with van der Waals surface area (Å²) >= 11 is 0. The molecule has 0 heterocycles. The first-order valence-electron chi connectivity index (χ1n) is 23.7. The zero-order valence-corrected chi connectivity index (χ0v) is 37.5. The fraction of sp³-hybridized carbons (Fsp3) is 0.935. The Bertz CT molecular complexity index is 887. The number of rotatable bonds is 46. The summed E-state index contributed by atoms with van der Waals surface area (Å²) < 4.78 is 33.4. The molecule has 0 aliphatic heterocycles. The molecule has 0 rings (SSSR count). The second-order valence-corrected chi connectivity index (χ2v) is 17.6. The van der Waals surface area contributed by atoms with Crippen LogP contribution in [0.15, 0.2) is 12.2 Å². The van der Waals surface area contributed by atoms with Crippen molar-refractivity contribution in [1.82, 2.24) is 0 Å². The number of phosphoric acid groups is 1. The van der Waals surface area contributed by atoms with Crippen molar-refractivity contribution >= 4 is 13.8 Å². The summed E-state index contributed by atoms with van der Waals surface area (Å²) in [5.41, 5.74) is 0. The van der Waals surface area contributed by atoms with Gasteiger partial charge in [0.25, 0.3) is 0 Å². The summed E-state index contributed by atoms with van der Waals surface area (Å²) in [6, 6.07) is 0. The molecule has 56 heavy (non-hydrogen) atoms. The first-order valence-corrected chi connectivity index (χ1v) is 25.2. The van der Waals surface area contributed by atoms with Gasteiger partial charge in [0.05, 0.1) is 26.4 Å². The van der Waals surface area contributed by atoms with E-state index in [0.29, 0.717) is 6.61 Å². The van der Waals surface area contributed by atoms with Crippen LogP contribution >= 0.6 is 7.82 Å². The Labute approximate surface area is 345 Å². The van der Waals surface area contributed by atoms with Gasteiger partial charge in [0, 0.05) is 13.0 Å². The maximum atomic E-state index is 12.6. The van der Waals surface area contributed by atoms with Crippen LogP contribution in [0.5, 0.6) is 0 Å². The Morgan fingerprint density at radius 1 is 0.536 bits per heavy atom. The summed E-state index contributed by atoms with van der Waals surface area (Å²) in [6.07, 6.45) is 44.5. The van der Waals surface area contributed by atoms with Crippen LogP contribution in [0.2, 0.25) is 0 Å². The molecule has 0 bridgehead atoms. The molecule has 0 spiro atoms. The van der Waals surface area contributed by atoms with Crippen molar-refractivity contribution < 1.29 is 43.0 Å². The van der Waals surface area contributed by atoms with E-state index >= 15 is 0 Å². The number of aliphatic hydroxyl groups is 2. The Hall–Kier alpha value is -0.800. The fourth-order valence-electron chi connectivity index (χ4n) is 6.82. The summed E-state index contributed by atoms with van der Waals surface area (Å²) in [4.78, 5) is 22.6. The van der Waals surface area contributed by atoms with Crippen LogP contribution in [0.25, 0.3) is 0 Å². The first-order chi connectivity index (χ1) is 27.3. The third-order valence-electron chi connectivity index (χ3n) is 10.5. The monoisotopic (exact) mass is 819 g/mol. The number of allylic oxidation sites excluding steroid dienone is 2. The Kier molecular flexibility index (Phi) is 43.1. The summed E-state index contributed by atoms with van der Waals surface area (Å²) in [5, 5.41) is 18.4. The minimum absolute atomic E-state index is 0.0537. The van der Waals surface area contributed by atoms with Gasteiger partial charge in [-0.15, -0.1) is 0 Å². The topological polar surface area (TPSA) is 132 Å². The second-order valence-electron chi connectivity index (χ2n) is 16.1. The maximum absolute atomic E-state index is 12.6. The number of phosphoric ester groups is 1. The molecule has 0 saturated heterocycles. The highest BCUT2D eigenvalue weighted by molar-refractivity contribution is 7.47. The Morgan fingerprint density at radius 3 is 1.34 bits per heavy atom. The molecule has 0 aliphatic rings. The molecule has 0 fully saturated rings. The van der Waals surface area contributed by atoms with Crippen molar-refractivity contribution in [2.75, 3.05) is 33.0 Å². The number of unbranched alkanes of at least 4 members (excludes halogenated alkanes) is 30. The highest BCUT2D eigenvalue weighted by Gasteiger charge is 2.26. The highest BCUT2D eigenvalue weighted by atomic mass is 31.2. The molecule has 9 nitrogen and oxygen atoms in total. The van der Waals surface area contributed by atoms with Gasteiger partial charge in [0.15, 0.2) is 0 Å². The molecule has 0 aromatic heterocycles. The number of hydrogen-bond acceptors (Lipinski definition) is 8. The number of carbonyl (C=O) groups is 1. The fourth-order valence-corrected chi connectivity index (χ4v) is 7.61. The van der Waals surface area contributed by atoms with Gasteiger partial charge < -0.3 is 24.6 Å². The van der Waals surface area contributed by atoms with Crippen LogP contribution in [0.4, 0.5) is 0 Å². The van der Waals surface area contributed by atoms with Gasteiger partial charge in [-0.25, -0.2) is 4.57 Å². The standard InChI is InChI=1S/C46H91O9P/c1-3-5-7-9-11-13-15-17-19-21-22-23-24-26-28-30-32-34-36-38-46(49)55-45(43-54-56(50,51)53-41-44(48)40-47)42-52-39-37-35-33-31-29-27-25-20-18-16-14-12-10-8-6-4-2/h21-22,44-45,47-48H,3-20,23-43H2,1-2H3,(H,50,51)/b22-21-/t44-,45+/m0/s1. The van der Waals surface area contributed by atoms with E-state index in [1.54, 1.807) is 0 Å². The lowest BCUT2D eigenvalue weighted by atomic mass is 10.0. The molecule has 0 aromatic rings. The van der Waals surface area contributed by atoms with Gasteiger partial charge in [-0.3, -0.25) is 13.8 Å². The number of hydrogen-bond donors (Lipinski definition) is 3.